The SMILES string of the molecule is NS(=O)(=O)c1cc(C(=O)O)c(NCc2ccncc2)cc1Oc1ccccc1. The molecule has 0 radical (unpaired) electrons. The first kappa shape index (κ1) is 19.3. The van der Waals surface area contributed by atoms with Crippen molar-refractivity contribution in [1.82, 2.24) is 4.98 Å². The van der Waals surface area contributed by atoms with Gasteiger partial charge in [-0.05, 0) is 35.9 Å². The summed E-state index contributed by atoms with van der Waals surface area (Å²) in [7, 11) is -4.22. The van der Waals surface area contributed by atoms with E-state index in [1.165, 1.54) is 6.07 Å². The van der Waals surface area contributed by atoms with Crippen LogP contribution in [0.3, 0.4) is 0 Å². The van der Waals surface area contributed by atoms with Crippen molar-refractivity contribution in [2.24, 2.45) is 5.14 Å². The topological polar surface area (TPSA) is 132 Å². The van der Waals surface area contributed by atoms with Crippen molar-refractivity contribution >= 4 is 21.7 Å². The number of primary sulfonamides is 1. The Balaban J connectivity index is 2.04. The number of hydrogen-bond acceptors (Lipinski definition) is 6. The van der Waals surface area contributed by atoms with Crippen molar-refractivity contribution in [3.8, 4) is 11.5 Å². The number of aromatic carboxylic acids is 1. The summed E-state index contributed by atoms with van der Waals surface area (Å²) in [5, 5.41) is 17.8. The van der Waals surface area contributed by atoms with Crippen LogP contribution in [-0.4, -0.2) is 24.5 Å². The largest absolute Gasteiger partial charge is 0.478 e. The summed E-state index contributed by atoms with van der Waals surface area (Å²) in [6.07, 6.45) is 3.23. The van der Waals surface area contributed by atoms with E-state index in [-0.39, 0.29) is 17.0 Å². The molecule has 0 unspecified atom stereocenters. The number of anilines is 1. The van der Waals surface area contributed by atoms with Gasteiger partial charge in [-0.2, -0.15) is 0 Å². The average Bonchev–Trinajstić information content (AvgIpc) is 2.67. The highest BCUT2D eigenvalue weighted by Crippen LogP contribution is 2.34. The van der Waals surface area contributed by atoms with Crippen LogP contribution < -0.4 is 15.2 Å². The van der Waals surface area contributed by atoms with Crippen molar-refractivity contribution in [3.63, 3.8) is 0 Å². The minimum Gasteiger partial charge on any atom is -0.478 e. The molecule has 0 bridgehead atoms. The molecule has 3 aromatic rings. The molecule has 1 heterocycles. The number of nitrogens with zero attached hydrogens (tertiary/aromatic N) is 1. The number of carbonyl (C=O) groups is 1. The molecular weight excluding hydrogens is 382 g/mol. The molecule has 0 spiro atoms. The number of hydrogen-bond donors (Lipinski definition) is 3. The summed E-state index contributed by atoms with van der Waals surface area (Å²) in [5.74, 6) is -0.986. The Kier molecular flexibility index (Phi) is 5.57. The maximum Gasteiger partial charge on any atom is 0.337 e. The molecule has 2 aromatic carbocycles. The maximum atomic E-state index is 12.0. The van der Waals surface area contributed by atoms with Gasteiger partial charge in [0.05, 0.1) is 11.3 Å². The molecule has 0 saturated heterocycles. The summed E-state index contributed by atoms with van der Waals surface area (Å²) in [6.45, 7) is 0.308. The third kappa shape index (κ3) is 4.64. The zero-order valence-electron chi connectivity index (χ0n) is 14.6. The third-order valence-corrected chi connectivity index (χ3v) is 4.76. The summed E-state index contributed by atoms with van der Waals surface area (Å²) in [4.78, 5) is 15.2. The van der Waals surface area contributed by atoms with Gasteiger partial charge in [0.15, 0.2) is 0 Å². The summed E-state index contributed by atoms with van der Waals surface area (Å²) >= 11 is 0. The molecule has 28 heavy (non-hydrogen) atoms. The molecule has 9 heteroatoms. The van der Waals surface area contributed by atoms with Crippen LogP contribution in [0.15, 0.2) is 71.9 Å². The van der Waals surface area contributed by atoms with Crippen molar-refractivity contribution in [1.29, 1.82) is 0 Å². The third-order valence-electron chi connectivity index (χ3n) is 3.82. The number of rotatable bonds is 7. The highest BCUT2D eigenvalue weighted by molar-refractivity contribution is 7.89. The van der Waals surface area contributed by atoms with Crippen LogP contribution in [0.25, 0.3) is 0 Å². The maximum absolute atomic E-state index is 12.0. The number of carboxylic acid groups (broad SMARTS) is 1. The van der Waals surface area contributed by atoms with E-state index in [9.17, 15) is 18.3 Å². The first-order valence-electron chi connectivity index (χ1n) is 8.14. The number of nitrogens with one attached hydrogen (secondary N) is 1. The van der Waals surface area contributed by atoms with Crippen molar-refractivity contribution < 1.29 is 23.1 Å². The second-order valence-electron chi connectivity index (χ2n) is 5.82. The van der Waals surface area contributed by atoms with E-state index in [2.05, 4.69) is 10.3 Å². The van der Waals surface area contributed by atoms with Crippen LogP contribution in [0.4, 0.5) is 5.69 Å². The molecule has 0 aliphatic carbocycles. The van der Waals surface area contributed by atoms with E-state index in [0.717, 1.165) is 11.6 Å². The lowest BCUT2D eigenvalue weighted by Crippen LogP contribution is -2.16. The fourth-order valence-electron chi connectivity index (χ4n) is 2.50. The predicted octanol–water partition coefficient (Wildman–Crippen LogP) is 2.83. The van der Waals surface area contributed by atoms with Gasteiger partial charge in [-0.25, -0.2) is 18.4 Å². The van der Waals surface area contributed by atoms with E-state index < -0.39 is 20.9 Å². The number of ether oxygens (including phenoxy) is 1. The number of para-hydroxylation sites is 1. The molecule has 0 aliphatic rings. The van der Waals surface area contributed by atoms with Crippen molar-refractivity contribution in [2.75, 3.05) is 5.32 Å². The van der Waals surface area contributed by atoms with Gasteiger partial charge in [0.25, 0.3) is 0 Å². The van der Waals surface area contributed by atoms with Crippen molar-refractivity contribution in [3.05, 3.63) is 78.1 Å². The Bertz CT molecular complexity index is 1090. The Labute approximate surface area is 161 Å². The van der Waals surface area contributed by atoms with Crippen LogP contribution in [0.2, 0.25) is 0 Å². The Morgan fingerprint density at radius 3 is 2.39 bits per heavy atom. The number of sulfonamides is 1. The molecule has 0 atom stereocenters. The molecule has 0 fully saturated rings. The van der Waals surface area contributed by atoms with Gasteiger partial charge in [0, 0.05) is 25.0 Å². The van der Waals surface area contributed by atoms with Crippen LogP contribution in [0.5, 0.6) is 11.5 Å². The lowest BCUT2D eigenvalue weighted by atomic mass is 10.1. The first-order valence-corrected chi connectivity index (χ1v) is 9.69. The fourth-order valence-corrected chi connectivity index (χ4v) is 3.16. The zero-order valence-corrected chi connectivity index (χ0v) is 15.4. The van der Waals surface area contributed by atoms with Gasteiger partial charge >= 0.3 is 5.97 Å². The predicted molar refractivity (Wildman–Crippen MR) is 103 cm³/mol. The lowest BCUT2D eigenvalue weighted by Gasteiger charge is -2.15. The van der Waals surface area contributed by atoms with Gasteiger partial charge in [-0.1, -0.05) is 18.2 Å². The van der Waals surface area contributed by atoms with Crippen molar-refractivity contribution in [2.45, 2.75) is 11.4 Å². The molecule has 1 aromatic heterocycles. The number of pyridine rings is 1. The number of aromatic nitrogens is 1. The summed E-state index contributed by atoms with van der Waals surface area (Å²) in [6, 6.07) is 14.4. The monoisotopic (exact) mass is 399 g/mol. The minimum atomic E-state index is -4.22. The summed E-state index contributed by atoms with van der Waals surface area (Å²) in [5.41, 5.74) is 0.827. The second-order valence-corrected chi connectivity index (χ2v) is 7.35. The van der Waals surface area contributed by atoms with Gasteiger partial charge in [-0.15, -0.1) is 0 Å². The normalized spacial score (nSPS) is 11.0. The molecule has 0 amide bonds. The number of carboxylic acids is 1. The van der Waals surface area contributed by atoms with E-state index in [1.54, 1.807) is 54.9 Å². The van der Waals surface area contributed by atoms with Crippen LogP contribution in [-0.2, 0) is 16.6 Å². The Hall–Kier alpha value is -3.43. The molecule has 0 aliphatic heterocycles. The molecule has 3 rings (SSSR count). The lowest BCUT2D eigenvalue weighted by molar-refractivity contribution is 0.0697. The Morgan fingerprint density at radius 1 is 1.11 bits per heavy atom. The second kappa shape index (κ2) is 8.07. The summed E-state index contributed by atoms with van der Waals surface area (Å²) < 4.78 is 29.6. The smallest absolute Gasteiger partial charge is 0.337 e. The highest BCUT2D eigenvalue weighted by Gasteiger charge is 2.22. The Morgan fingerprint density at radius 2 is 1.79 bits per heavy atom. The van der Waals surface area contributed by atoms with E-state index in [1.807, 2.05) is 0 Å². The quantitative estimate of drug-likeness (QED) is 0.556. The van der Waals surface area contributed by atoms with E-state index in [0.29, 0.717) is 12.3 Å². The molecular formula is C19H17N3O5S. The molecule has 8 nitrogen and oxygen atoms in total. The highest BCUT2D eigenvalue weighted by atomic mass is 32.2. The van der Waals surface area contributed by atoms with Crippen LogP contribution in [0, 0.1) is 0 Å². The molecule has 0 saturated carbocycles. The standard InChI is InChI=1S/C19H17N3O5S/c20-28(25,26)18-10-15(19(23)24)16(22-12-13-6-8-21-9-7-13)11-17(18)27-14-4-2-1-3-5-14/h1-11,22H,12H2,(H,23,24)(H2,20,25,26). The van der Waals surface area contributed by atoms with Gasteiger partial charge in [0.1, 0.15) is 16.4 Å². The fraction of sp³-hybridized carbons (Fsp3) is 0.0526. The van der Waals surface area contributed by atoms with E-state index >= 15 is 0 Å². The van der Waals surface area contributed by atoms with Gasteiger partial charge in [-0.3, -0.25) is 4.98 Å². The minimum absolute atomic E-state index is 0.0732. The number of benzene rings is 2. The van der Waals surface area contributed by atoms with E-state index in [4.69, 9.17) is 9.88 Å². The molecule has 4 N–H and O–H groups in total. The first-order chi connectivity index (χ1) is 13.3. The van der Waals surface area contributed by atoms with Gasteiger partial charge in [0.2, 0.25) is 10.0 Å². The zero-order chi connectivity index (χ0) is 20.1. The van der Waals surface area contributed by atoms with Gasteiger partial charge < -0.3 is 15.2 Å². The number of nitrogens with two attached hydrogens (primary N) is 1. The van der Waals surface area contributed by atoms with Crippen LogP contribution in [0.1, 0.15) is 15.9 Å². The average molecular weight is 399 g/mol. The van der Waals surface area contributed by atoms with Crippen LogP contribution >= 0.6 is 0 Å². The molecule has 144 valence electrons.